The van der Waals surface area contributed by atoms with Crippen molar-refractivity contribution in [1.29, 1.82) is 0 Å². The lowest BCUT2D eigenvalue weighted by Crippen LogP contribution is -2.42. The topological polar surface area (TPSA) is 92.8 Å². The molecule has 9 heteroatoms. The molecule has 0 saturated carbocycles. The molecule has 0 bridgehead atoms. The Morgan fingerprint density at radius 1 is 0.795 bits per heavy atom. The summed E-state index contributed by atoms with van der Waals surface area (Å²) < 4.78 is 33.1. The number of ether oxygens (including phenoxy) is 6. The quantitative estimate of drug-likeness (QED) is 0.345. The molecular weight excluding hydrogens is 502 g/mol. The van der Waals surface area contributed by atoms with Crippen LogP contribution in [0.3, 0.4) is 0 Å². The van der Waals surface area contributed by atoms with Crippen molar-refractivity contribution in [2.75, 3.05) is 48.2 Å². The third-order valence-corrected chi connectivity index (χ3v) is 6.64. The molecule has 0 fully saturated rings. The number of methoxy groups -OCH3 is 4. The SMILES string of the molecule is CCOC(=O)c1ccc(OC[C@H]2c3cc(OC)c(OC)cc3CCN2C(=O)c2cc(OC)cc(OC)c2)cc1. The Hall–Kier alpha value is -4.40. The van der Waals surface area contributed by atoms with E-state index in [1.54, 1.807) is 82.7 Å². The lowest BCUT2D eigenvalue weighted by molar-refractivity contribution is 0.0524. The maximum atomic E-state index is 13.9. The molecule has 3 aromatic carbocycles. The fraction of sp³-hybridized carbons (Fsp3) is 0.333. The Balaban J connectivity index is 1.67. The molecule has 206 valence electrons. The van der Waals surface area contributed by atoms with E-state index in [0.717, 1.165) is 11.1 Å². The van der Waals surface area contributed by atoms with Gasteiger partial charge in [0.25, 0.3) is 5.91 Å². The zero-order chi connectivity index (χ0) is 27.9. The maximum Gasteiger partial charge on any atom is 0.338 e. The fourth-order valence-electron chi connectivity index (χ4n) is 4.62. The first-order chi connectivity index (χ1) is 18.9. The van der Waals surface area contributed by atoms with Crippen molar-refractivity contribution in [2.45, 2.75) is 19.4 Å². The Labute approximate surface area is 228 Å². The van der Waals surface area contributed by atoms with Crippen LogP contribution in [0.1, 0.15) is 44.8 Å². The molecule has 1 amide bonds. The number of carbonyl (C=O) groups is 2. The Kier molecular flexibility index (Phi) is 8.81. The predicted octanol–water partition coefficient (Wildman–Crippen LogP) is 4.72. The number of esters is 1. The van der Waals surface area contributed by atoms with Gasteiger partial charge in [-0.15, -0.1) is 0 Å². The summed E-state index contributed by atoms with van der Waals surface area (Å²) in [6.07, 6.45) is 0.632. The lowest BCUT2D eigenvalue weighted by atomic mass is 9.91. The second-order valence-electron chi connectivity index (χ2n) is 8.83. The predicted molar refractivity (Wildman–Crippen MR) is 144 cm³/mol. The van der Waals surface area contributed by atoms with Gasteiger partial charge in [-0.1, -0.05) is 0 Å². The monoisotopic (exact) mass is 535 g/mol. The van der Waals surface area contributed by atoms with Gasteiger partial charge in [-0.2, -0.15) is 0 Å². The second kappa shape index (κ2) is 12.4. The van der Waals surface area contributed by atoms with E-state index in [1.807, 2.05) is 12.1 Å². The molecule has 1 aliphatic heterocycles. The molecule has 0 aromatic heterocycles. The summed E-state index contributed by atoms with van der Waals surface area (Å²) in [5, 5.41) is 0. The lowest BCUT2D eigenvalue weighted by Gasteiger charge is -2.37. The fourth-order valence-corrected chi connectivity index (χ4v) is 4.62. The normalized spacial score (nSPS) is 14.2. The van der Waals surface area contributed by atoms with Crippen molar-refractivity contribution in [1.82, 2.24) is 4.90 Å². The zero-order valence-corrected chi connectivity index (χ0v) is 22.8. The molecule has 1 heterocycles. The Morgan fingerprint density at radius 2 is 1.44 bits per heavy atom. The average molecular weight is 536 g/mol. The van der Waals surface area contributed by atoms with Crippen LogP contribution in [-0.2, 0) is 11.2 Å². The molecule has 0 aliphatic carbocycles. The smallest absolute Gasteiger partial charge is 0.338 e. The molecule has 1 aliphatic rings. The molecule has 0 radical (unpaired) electrons. The highest BCUT2D eigenvalue weighted by Gasteiger charge is 2.34. The van der Waals surface area contributed by atoms with Gasteiger partial charge in [0.15, 0.2) is 11.5 Å². The van der Waals surface area contributed by atoms with E-state index >= 15 is 0 Å². The van der Waals surface area contributed by atoms with Crippen molar-refractivity contribution < 1.29 is 38.0 Å². The van der Waals surface area contributed by atoms with Gasteiger partial charge >= 0.3 is 5.97 Å². The number of fused-ring (bicyclic) bond motifs is 1. The summed E-state index contributed by atoms with van der Waals surface area (Å²) in [5.41, 5.74) is 2.84. The molecular formula is C30H33NO8. The summed E-state index contributed by atoms with van der Waals surface area (Å²) in [7, 11) is 6.27. The third-order valence-electron chi connectivity index (χ3n) is 6.64. The van der Waals surface area contributed by atoms with Crippen molar-refractivity contribution in [2.24, 2.45) is 0 Å². The van der Waals surface area contributed by atoms with Gasteiger partial charge in [-0.25, -0.2) is 4.79 Å². The first-order valence-electron chi connectivity index (χ1n) is 12.6. The summed E-state index contributed by atoms with van der Waals surface area (Å²) in [5.74, 6) is 2.23. The highest BCUT2D eigenvalue weighted by Crippen LogP contribution is 2.39. The summed E-state index contributed by atoms with van der Waals surface area (Å²) in [6, 6.07) is 15.3. The zero-order valence-electron chi connectivity index (χ0n) is 22.8. The van der Waals surface area contributed by atoms with Crippen molar-refractivity contribution in [3.63, 3.8) is 0 Å². The van der Waals surface area contributed by atoms with Crippen LogP contribution in [0.4, 0.5) is 0 Å². The van der Waals surface area contributed by atoms with Crippen molar-refractivity contribution in [3.8, 4) is 28.7 Å². The molecule has 1 atom stereocenters. The van der Waals surface area contributed by atoms with Crippen LogP contribution in [0.5, 0.6) is 28.7 Å². The standard InChI is InChI=1S/C30H33NO8/c1-6-38-30(33)19-7-9-22(10-8-19)39-18-26-25-17-28(37-5)27(36-4)15-20(25)11-12-31(26)29(32)21-13-23(34-2)16-24(14-21)35-3/h7-10,13-17,26H,6,11-12,18H2,1-5H3/t26-/m0/s1. The Morgan fingerprint density at radius 3 is 2.03 bits per heavy atom. The molecule has 3 aromatic rings. The summed E-state index contributed by atoms with van der Waals surface area (Å²) in [6.45, 7) is 2.71. The van der Waals surface area contributed by atoms with E-state index in [9.17, 15) is 9.59 Å². The third kappa shape index (κ3) is 6.03. The van der Waals surface area contributed by atoms with Gasteiger partial charge in [-0.3, -0.25) is 4.79 Å². The minimum absolute atomic E-state index is 0.175. The summed E-state index contributed by atoms with van der Waals surface area (Å²) >= 11 is 0. The minimum atomic E-state index is -0.428. The molecule has 4 rings (SSSR count). The van der Waals surface area contributed by atoms with Crippen LogP contribution in [0.2, 0.25) is 0 Å². The molecule has 0 N–H and O–H groups in total. The number of rotatable bonds is 10. The second-order valence-corrected chi connectivity index (χ2v) is 8.83. The van der Waals surface area contributed by atoms with Gasteiger partial charge in [0, 0.05) is 18.2 Å². The van der Waals surface area contributed by atoms with E-state index in [2.05, 4.69) is 0 Å². The van der Waals surface area contributed by atoms with E-state index < -0.39 is 12.0 Å². The molecule has 0 unspecified atom stereocenters. The van der Waals surface area contributed by atoms with Gasteiger partial charge in [0.2, 0.25) is 0 Å². The van der Waals surface area contributed by atoms with E-state index in [-0.39, 0.29) is 12.5 Å². The Bertz CT molecular complexity index is 1300. The van der Waals surface area contributed by atoms with Crippen LogP contribution in [0, 0.1) is 0 Å². The molecule has 9 nitrogen and oxygen atoms in total. The highest BCUT2D eigenvalue weighted by molar-refractivity contribution is 5.95. The average Bonchev–Trinajstić information content (AvgIpc) is 2.98. The maximum absolute atomic E-state index is 13.9. The highest BCUT2D eigenvalue weighted by atomic mass is 16.5. The molecule has 0 saturated heterocycles. The van der Waals surface area contributed by atoms with Crippen LogP contribution < -0.4 is 23.7 Å². The number of benzene rings is 3. The number of nitrogens with zero attached hydrogens (tertiary/aromatic N) is 1. The van der Waals surface area contributed by atoms with Gasteiger partial charge in [0.05, 0.1) is 46.7 Å². The van der Waals surface area contributed by atoms with Crippen LogP contribution in [-0.4, -0.2) is 65.0 Å². The van der Waals surface area contributed by atoms with Gasteiger partial charge < -0.3 is 33.3 Å². The number of hydrogen-bond acceptors (Lipinski definition) is 8. The van der Waals surface area contributed by atoms with E-state index in [4.69, 9.17) is 28.4 Å². The first-order valence-corrected chi connectivity index (χ1v) is 12.6. The molecule has 39 heavy (non-hydrogen) atoms. The largest absolute Gasteiger partial charge is 0.497 e. The number of hydrogen-bond donors (Lipinski definition) is 0. The van der Waals surface area contributed by atoms with Gasteiger partial charge in [0.1, 0.15) is 23.9 Å². The van der Waals surface area contributed by atoms with Crippen LogP contribution >= 0.6 is 0 Å². The number of amides is 1. The van der Waals surface area contributed by atoms with E-state index in [1.165, 1.54) is 0 Å². The van der Waals surface area contributed by atoms with Crippen molar-refractivity contribution in [3.05, 3.63) is 76.9 Å². The number of carbonyl (C=O) groups excluding carboxylic acids is 2. The van der Waals surface area contributed by atoms with Crippen LogP contribution in [0.25, 0.3) is 0 Å². The van der Waals surface area contributed by atoms with Crippen molar-refractivity contribution >= 4 is 11.9 Å². The minimum Gasteiger partial charge on any atom is -0.497 e. The molecule has 0 spiro atoms. The summed E-state index contributed by atoms with van der Waals surface area (Å²) in [4.78, 5) is 27.7. The van der Waals surface area contributed by atoms with Gasteiger partial charge in [-0.05, 0) is 73.0 Å². The first kappa shape index (κ1) is 27.6. The van der Waals surface area contributed by atoms with E-state index in [0.29, 0.717) is 59.4 Å². The van der Waals surface area contributed by atoms with Crippen LogP contribution in [0.15, 0.2) is 54.6 Å².